The number of nitrogens with zero attached hydrogens (tertiary/aromatic N) is 1. The molecule has 0 radical (unpaired) electrons. The predicted molar refractivity (Wildman–Crippen MR) is 209 cm³/mol. The van der Waals surface area contributed by atoms with Crippen LogP contribution in [-0.4, -0.2) is 197 Å². The Morgan fingerprint density at radius 2 is 1.44 bits per heavy atom. The topological polar surface area (TPSA) is 429 Å². The highest BCUT2D eigenvalue weighted by Gasteiger charge is 2.66. The molecule has 0 saturated carbocycles. The van der Waals surface area contributed by atoms with E-state index in [4.69, 9.17) is 25.7 Å². The first-order valence-electron chi connectivity index (χ1n) is 20.3. The van der Waals surface area contributed by atoms with Crippen LogP contribution in [0.3, 0.4) is 0 Å². The number of rotatable bonds is 19. The highest BCUT2D eigenvalue weighted by Crippen LogP contribution is 2.40. The van der Waals surface area contributed by atoms with Gasteiger partial charge in [-0.1, -0.05) is 6.42 Å². The summed E-state index contributed by atoms with van der Waals surface area (Å²) in [5, 5.41) is 95.2. The Kier molecular flexibility index (Phi) is 18.8. The summed E-state index contributed by atoms with van der Waals surface area (Å²) >= 11 is 0. The molecule has 16 N–H and O–H groups in total. The van der Waals surface area contributed by atoms with Gasteiger partial charge in [0.2, 0.25) is 41.1 Å². The maximum absolute atomic E-state index is 14.3. The molecule has 3 unspecified atom stereocenters. The van der Waals surface area contributed by atoms with E-state index in [-0.39, 0.29) is 17.7 Å². The molecule has 0 aromatic rings. The molecular formula is C37H61N7O19. The number of carboxylic acids is 2. The number of aliphatic carboxylic acids is 2. The van der Waals surface area contributed by atoms with E-state index in [1.165, 1.54) is 13.8 Å². The summed E-state index contributed by atoms with van der Waals surface area (Å²) in [5.74, 6) is -10.3. The highest BCUT2D eigenvalue weighted by molar-refractivity contribution is 6.03. The SMILES string of the molecule is CC(=O)N[C@@H]1[C@@H](OC(C)C[C@]2(NC(C)=O)C(C(N)[C@@](NC(=O)[C@H](CCC(=O)O)NC(=O)[C@H](C)N)(C(=O)O)N3C(=O)CCCCCC3=O)O[C@H](CO)[C@@H](O)[C@@H]2O)[C@H](O)[C@@H](CO)O[C@@H]1O. The molecule has 3 heterocycles. The van der Waals surface area contributed by atoms with Crippen molar-refractivity contribution in [2.45, 2.75) is 170 Å². The zero-order valence-corrected chi connectivity index (χ0v) is 35.2. The normalized spacial score (nSPS) is 32.1. The van der Waals surface area contributed by atoms with Gasteiger partial charge in [-0.15, -0.1) is 0 Å². The average molecular weight is 908 g/mol. The summed E-state index contributed by atoms with van der Waals surface area (Å²) in [6.07, 6.45) is -19.5. The molecule has 358 valence electrons. The number of nitrogens with one attached hydrogen (secondary N) is 4. The van der Waals surface area contributed by atoms with Crippen LogP contribution in [-0.2, 0) is 52.6 Å². The number of hydrogen-bond donors (Lipinski definition) is 14. The Labute approximate surface area is 360 Å². The Morgan fingerprint density at radius 3 is 1.94 bits per heavy atom. The molecule has 6 amide bonds. The largest absolute Gasteiger partial charge is 0.481 e. The molecule has 0 aromatic carbocycles. The maximum Gasteiger partial charge on any atom is 0.353 e. The zero-order valence-electron chi connectivity index (χ0n) is 35.2. The Balaban J connectivity index is 2.36. The van der Waals surface area contributed by atoms with Gasteiger partial charge in [-0.2, -0.15) is 0 Å². The van der Waals surface area contributed by atoms with Gasteiger partial charge in [-0.05, 0) is 33.1 Å². The second-order valence-electron chi connectivity index (χ2n) is 16.1. The van der Waals surface area contributed by atoms with Crippen molar-refractivity contribution in [2.24, 2.45) is 11.5 Å². The number of ether oxygens (including phenoxy) is 3. The molecule has 0 spiro atoms. The quantitative estimate of drug-likeness (QED) is 0.0536. The van der Waals surface area contributed by atoms with E-state index in [1.807, 2.05) is 0 Å². The number of hydrogen-bond acceptors (Lipinski definition) is 19. The van der Waals surface area contributed by atoms with Crippen LogP contribution in [0.4, 0.5) is 0 Å². The van der Waals surface area contributed by atoms with Gasteiger partial charge in [0.05, 0.1) is 36.9 Å². The average Bonchev–Trinajstić information content (AvgIpc) is 3.19. The summed E-state index contributed by atoms with van der Waals surface area (Å²) in [7, 11) is 0. The second-order valence-corrected chi connectivity index (χ2v) is 16.1. The molecule has 0 aromatic heterocycles. The summed E-state index contributed by atoms with van der Waals surface area (Å²) in [4.78, 5) is 106. The van der Waals surface area contributed by atoms with E-state index in [2.05, 4.69) is 21.3 Å². The molecule has 63 heavy (non-hydrogen) atoms. The van der Waals surface area contributed by atoms with Crippen LogP contribution in [0.15, 0.2) is 0 Å². The lowest BCUT2D eigenvalue weighted by Gasteiger charge is -2.57. The minimum atomic E-state index is -3.52. The smallest absolute Gasteiger partial charge is 0.353 e. The van der Waals surface area contributed by atoms with Crippen LogP contribution < -0.4 is 32.7 Å². The van der Waals surface area contributed by atoms with Gasteiger partial charge in [-0.25, -0.2) is 9.69 Å². The van der Waals surface area contributed by atoms with E-state index in [0.29, 0.717) is 6.42 Å². The first kappa shape index (κ1) is 52.9. The minimum absolute atomic E-state index is 0.124. The fourth-order valence-corrected chi connectivity index (χ4v) is 8.21. The molecule has 3 rings (SSSR count). The first-order chi connectivity index (χ1) is 29.4. The molecule has 3 aliphatic heterocycles. The van der Waals surface area contributed by atoms with Crippen LogP contribution in [0.5, 0.6) is 0 Å². The number of aliphatic hydroxyl groups excluding tert-OH is 6. The fourth-order valence-electron chi connectivity index (χ4n) is 8.21. The molecule has 26 nitrogen and oxygen atoms in total. The summed E-state index contributed by atoms with van der Waals surface area (Å²) in [5.41, 5.74) is 6.40. The lowest BCUT2D eigenvalue weighted by molar-refractivity contribution is -0.273. The van der Waals surface area contributed by atoms with Gasteiger partial charge in [0.15, 0.2) is 6.29 Å². The van der Waals surface area contributed by atoms with Gasteiger partial charge < -0.3 is 87.8 Å². The van der Waals surface area contributed by atoms with Gasteiger partial charge in [0.1, 0.15) is 54.8 Å². The van der Waals surface area contributed by atoms with E-state index < -0.39 is 183 Å². The van der Waals surface area contributed by atoms with Gasteiger partial charge in [0, 0.05) is 39.5 Å². The van der Waals surface area contributed by atoms with Crippen molar-refractivity contribution in [2.75, 3.05) is 13.2 Å². The molecule has 3 aliphatic rings. The fraction of sp³-hybridized carbons (Fsp3) is 0.784. The van der Waals surface area contributed by atoms with Gasteiger partial charge in [0.25, 0.3) is 0 Å². The van der Waals surface area contributed by atoms with Crippen LogP contribution in [0.1, 0.15) is 79.1 Å². The third-order valence-corrected chi connectivity index (χ3v) is 11.2. The van der Waals surface area contributed by atoms with Crippen LogP contribution in [0, 0.1) is 0 Å². The van der Waals surface area contributed by atoms with Gasteiger partial charge >= 0.3 is 11.9 Å². The van der Waals surface area contributed by atoms with Gasteiger partial charge in [-0.3, -0.25) is 33.6 Å². The highest BCUT2D eigenvalue weighted by atomic mass is 16.6. The van der Waals surface area contributed by atoms with Crippen molar-refractivity contribution in [1.82, 2.24) is 26.2 Å². The Hall–Kier alpha value is -4.48. The van der Waals surface area contributed by atoms with Crippen LogP contribution in [0.2, 0.25) is 0 Å². The van der Waals surface area contributed by atoms with E-state index in [1.54, 1.807) is 0 Å². The minimum Gasteiger partial charge on any atom is -0.481 e. The summed E-state index contributed by atoms with van der Waals surface area (Å²) in [6.45, 7) is 2.52. The van der Waals surface area contributed by atoms with Crippen molar-refractivity contribution in [3.8, 4) is 0 Å². The van der Waals surface area contributed by atoms with E-state index in [9.17, 15) is 79.2 Å². The third kappa shape index (κ3) is 12.0. The lowest BCUT2D eigenvalue weighted by atomic mass is 9.70. The Morgan fingerprint density at radius 1 is 0.873 bits per heavy atom. The first-order valence-corrected chi connectivity index (χ1v) is 20.3. The van der Waals surface area contributed by atoms with Crippen molar-refractivity contribution < 1.29 is 93.4 Å². The third-order valence-electron chi connectivity index (χ3n) is 11.2. The molecular weight excluding hydrogens is 846 g/mol. The van der Waals surface area contributed by atoms with Crippen molar-refractivity contribution in [3.63, 3.8) is 0 Å². The number of carbonyl (C=O) groups excluding carboxylic acids is 6. The zero-order chi connectivity index (χ0) is 47.7. The molecule has 0 bridgehead atoms. The number of likely N-dealkylation sites (tertiary alicyclic amines) is 1. The second kappa shape index (κ2) is 22.4. The molecule has 3 saturated heterocycles. The molecule has 3 fully saturated rings. The summed E-state index contributed by atoms with van der Waals surface area (Å²) < 4.78 is 17.4. The molecule has 0 aliphatic carbocycles. The lowest BCUT2D eigenvalue weighted by Crippen LogP contribution is -2.85. The van der Waals surface area contributed by atoms with Crippen molar-refractivity contribution in [1.29, 1.82) is 0 Å². The standard InChI is InChI=1S/C37H61N7O19/c1-15(61-28-25(40-17(3)47)34(58)63-20(13-45)26(28)53)12-36(42-18(4)48)30(55)27(54)21(14-46)62-31(36)29(39)37(35(59)60,44-22(49)8-6-5-7-9-23(44)50)43-33(57)19(10-11-24(51)52)41-32(56)16(2)38/h15-16,19-21,25-31,34,45-46,53-55,58H,5-14,38-39H2,1-4H3,(H,40,47)(H,41,56)(H,42,48)(H,43,57)(H,51,52)(H,59,60)/t15?,16-,19-,20+,21+,25+,26+,27+,28+,29?,30-,31?,34-,36+,37-/m0/s1. The maximum atomic E-state index is 14.3. The predicted octanol–water partition coefficient (Wildman–Crippen LogP) is -6.68. The summed E-state index contributed by atoms with van der Waals surface area (Å²) in [6, 6.07) is -7.27. The number of nitrogens with two attached hydrogens (primary N) is 2. The number of amides is 6. The monoisotopic (exact) mass is 907 g/mol. The van der Waals surface area contributed by atoms with Crippen molar-refractivity contribution >= 4 is 47.4 Å². The number of carbonyl (C=O) groups is 8. The van der Waals surface area contributed by atoms with Crippen LogP contribution in [0.25, 0.3) is 0 Å². The number of aliphatic hydroxyl groups is 6. The van der Waals surface area contributed by atoms with Crippen LogP contribution >= 0.6 is 0 Å². The number of carboxylic acid groups (broad SMARTS) is 2. The molecule has 26 heteroatoms. The molecule has 15 atom stereocenters. The van der Waals surface area contributed by atoms with E-state index >= 15 is 0 Å². The van der Waals surface area contributed by atoms with E-state index in [0.717, 1.165) is 13.8 Å². The number of imide groups is 1. The Bertz CT molecular complexity index is 1670. The van der Waals surface area contributed by atoms with Crippen molar-refractivity contribution in [3.05, 3.63) is 0 Å².